The Morgan fingerprint density at radius 1 is 1.44 bits per heavy atom. The molecule has 1 aromatic heterocycles. The highest BCUT2D eigenvalue weighted by Gasteiger charge is 2.17. The van der Waals surface area contributed by atoms with Crippen molar-refractivity contribution in [2.45, 2.75) is 19.9 Å². The van der Waals surface area contributed by atoms with Gasteiger partial charge in [-0.1, -0.05) is 13.8 Å². The summed E-state index contributed by atoms with van der Waals surface area (Å²) >= 11 is 0. The monoisotopic (exact) mass is 251 g/mol. The Kier molecular flexibility index (Phi) is 5.09. The van der Waals surface area contributed by atoms with Crippen molar-refractivity contribution in [3.8, 4) is 0 Å². The van der Waals surface area contributed by atoms with E-state index < -0.39 is 0 Å². The predicted molar refractivity (Wildman–Crippen MR) is 71.7 cm³/mol. The lowest BCUT2D eigenvalue weighted by atomic mass is 10.0. The molecule has 5 nitrogen and oxygen atoms in total. The summed E-state index contributed by atoms with van der Waals surface area (Å²) in [6.07, 6.45) is 1.48. The minimum Gasteiger partial charge on any atom is -0.350 e. The maximum absolute atomic E-state index is 11.9. The maximum atomic E-state index is 11.9. The van der Waals surface area contributed by atoms with Gasteiger partial charge in [0.1, 0.15) is 0 Å². The number of H-pyrrole nitrogens is 1. The molecule has 0 aliphatic heterocycles. The molecule has 1 heterocycles. The number of amides is 1. The lowest BCUT2D eigenvalue weighted by molar-refractivity contribution is 0.0934. The Labute approximate surface area is 107 Å². The number of carbonyl (C=O) groups is 1. The van der Waals surface area contributed by atoms with Gasteiger partial charge in [0.25, 0.3) is 5.91 Å². The fourth-order valence-electron chi connectivity index (χ4n) is 1.90. The molecule has 0 spiro atoms. The van der Waals surface area contributed by atoms with E-state index in [-0.39, 0.29) is 17.5 Å². The van der Waals surface area contributed by atoms with Gasteiger partial charge in [-0.25, -0.2) is 0 Å². The molecule has 0 saturated carbocycles. The number of pyridine rings is 1. The first-order chi connectivity index (χ1) is 8.41. The summed E-state index contributed by atoms with van der Waals surface area (Å²) in [7, 11) is 3.98. The van der Waals surface area contributed by atoms with Crippen LogP contribution in [0.2, 0.25) is 0 Å². The number of nitrogens with zero attached hydrogens (tertiary/aromatic N) is 1. The summed E-state index contributed by atoms with van der Waals surface area (Å²) in [6.45, 7) is 4.80. The van der Waals surface area contributed by atoms with E-state index in [4.69, 9.17) is 0 Å². The Morgan fingerprint density at radius 2 is 2.11 bits per heavy atom. The van der Waals surface area contributed by atoms with Gasteiger partial charge in [-0.2, -0.15) is 0 Å². The number of nitrogens with one attached hydrogen (secondary N) is 2. The third-order valence-electron chi connectivity index (χ3n) is 2.94. The Balaban J connectivity index is 2.63. The van der Waals surface area contributed by atoms with Gasteiger partial charge in [-0.15, -0.1) is 0 Å². The molecule has 0 fully saturated rings. The number of hydrogen-bond donors (Lipinski definition) is 2. The lowest BCUT2D eigenvalue weighted by Gasteiger charge is -2.28. The summed E-state index contributed by atoms with van der Waals surface area (Å²) in [6, 6.07) is 3.17. The predicted octanol–water partition coefficient (Wildman–Crippen LogP) is 0.691. The Morgan fingerprint density at radius 3 is 2.61 bits per heavy atom. The highest BCUT2D eigenvalue weighted by molar-refractivity contribution is 5.93. The fourth-order valence-corrected chi connectivity index (χ4v) is 1.90. The molecular weight excluding hydrogens is 230 g/mol. The zero-order valence-corrected chi connectivity index (χ0v) is 11.4. The highest BCUT2D eigenvalue weighted by Crippen LogP contribution is 2.06. The largest absolute Gasteiger partial charge is 0.350 e. The first-order valence-electron chi connectivity index (χ1n) is 6.05. The van der Waals surface area contributed by atoms with Crippen molar-refractivity contribution < 1.29 is 4.79 Å². The molecule has 5 heteroatoms. The van der Waals surface area contributed by atoms with Crippen molar-refractivity contribution >= 4 is 5.91 Å². The van der Waals surface area contributed by atoms with Gasteiger partial charge in [0, 0.05) is 30.4 Å². The molecule has 0 aliphatic carbocycles. The summed E-state index contributed by atoms with van der Waals surface area (Å²) in [5.41, 5.74) is 0.121. The van der Waals surface area contributed by atoms with Crippen LogP contribution in [0.25, 0.3) is 0 Å². The minimum absolute atomic E-state index is 0.214. The number of rotatable bonds is 5. The Bertz CT molecular complexity index is 444. The van der Waals surface area contributed by atoms with E-state index in [2.05, 4.69) is 29.0 Å². The summed E-state index contributed by atoms with van der Waals surface area (Å²) in [5, 5.41) is 2.86. The highest BCUT2D eigenvalue weighted by atomic mass is 16.2. The molecule has 18 heavy (non-hydrogen) atoms. The van der Waals surface area contributed by atoms with Gasteiger partial charge in [-0.3, -0.25) is 9.59 Å². The zero-order chi connectivity index (χ0) is 13.7. The maximum Gasteiger partial charge on any atom is 0.251 e. The second kappa shape index (κ2) is 6.35. The van der Waals surface area contributed by atoms with Crippen LogP contribution in [0.5, 0.6) is 0 Å². The number of aromatic nitrogens is 1. The number of carbonyl (C=O) groups excluding carboxylic acids is 1. The summed E-state index contributed by atoms with van der Waals surface area (Å²) < 4.78 is 0. The van der Waals surface area contributed by atoms with E-state index in [0.717, 1.165) is 0 Å². The second-order valence-electron chi connectivity index (χ2n) is 4.93. The molecule has 1 atom stereocenters. The average molecular weight is 251 g/mol. The van der Waals surface area contributed by atoms with Gasteiger partial charge in [0.05, 0.1) is 0 Å². The fraction of sp³-hybridized carbons (Fsp3) is 0.538. The molecule has 100 valence electrons. The molecule has 1 aromatic rings. The van der Waals surface area contributed by atoms with Gasteiger partial charge in [0.15, 0.2) is 0 Å². The van der Waals surface area contributed by atoms with Gasteiger partial charge >= 0.3 is 0 Å². The van der Waals surface area contributed by atoms with Crippen LogP contribution in [0, 0.1) is 5.92 Å². The molecule has 1 unspecified atom stereocenters. The van der Waals surface area contributed by atoms with E-state index in [9.17, 15) is 9.59 Å². The number of hydrogen-bond acceptors (Lipinski definition) is 3. The molecule has 1 amide bonds. The van der Waals surface area contributed by atoms with E-state index in [1.807, 2.05) is 14.1 Å². The first kappa shape index (κ1) is 14.4. The van der Waals surface area contributed by atoms with E-state index in [1.54, 1.807) is 6.07 Å². The smallest absolute Gasteiger partial charge is 0.251 e. The third kappa shape index (κ3) is 4.00. The van der Waals surface area contributed by atoms with Gasteiger partial charge in [0.2, 0.25) is 5.56 Å². The van der Waals surface area contributed by atoms with Crippen LogP contribution >= 0.6 is 0 Å². The van der Waals surface area contributed by atoms with Gasteiger partial charge < -0.3 is 15.2 Å². The van der Waals surface area contributed by atoms with Crippen molar-refractivity contribution in [1.29, 1.82) is 0 Å². The van der Waals surface area contributed by atoms with Crippen molar-refractivity contribution in [3.05, 3.63) is 34.2 Å². The molecule has 0 bridgehead atoms. The van der Waals surface area contributed by atoms with Crippen molar-refractivity contribution in [2.75, 3.05) is 20.6 Å². The molecule has 0 aromatic carbocycles. The molecule has 2 N–H and O–H groups in total. The normalized spacial score (nSPS) is 12.8. The topological polar surface area (TPSA) is 65.2 Å². The van der Waals surface area contributed by atoms with Crippen LogP contribution in [0.4, 0.5) is 0 Å². The molecule has 1 rings (SSSR count). The van der Waals surface area contributed by atoms with Crippen LogP contribution in [0.15, 0.2) is 23.1 Å². The standard InChI is InChI=1S/C13H21N3O2/c1-9(2)11(16(3)4)8-15-13(18)10-5-6-14-12(17)7-10/h5-7,9,11H,8H2,1-4H3,(H,14,17)(H,15,18). The summed E-state index contributed by atoms with van der Waals surface area (Å²) in [4.78, 5) is 27.5. The second-order valence-corrected chi connectivity index (χ2v) is 4.93. The van der Waals surface area contributed by atoms with Crippen LogP contribution in [0.1, 0.15) is 24.2 Å². The van der Waals surface area contributed by atoms with E-state index in [1.165, 1.54) is 12.3 Å². The average Bonchev–Trinajstić information content (AvgIpc) is 2.28. The quantitative estimate of drug-likeness (QED) is 0.809. The zero-order valence-electron chi connectivity index (χ0n) is 11.4. The number of likely N-dealkylation sites (N-methyl/N-ethyl adjacent to an activating group) is 1. The lowest BCUT2D eigenvalue weighted by Crippen LogP contribution is -2.43. The SMILES string of the molecule is CC(C)C(CNC(=O)c1cc[nH]c(=O)c1)N(C)C. The molecule has 0 radical (unpaired) electrons. The number of aromatic amines is 1. The van der Waals surface area contributed by atoms with Crippen LogP contribution < -0.4 is 10.9 Å². The molecular formula is C13H21N3O2. The third-order valence-corrected chi connectivity index (χ3v) is 2.94. The van der Waals surface area contributed by atoms with Crippen LogP contribution in [-0.2, 0) is 0 Å². The van der Waals surface area contributed by atoms with Crippen molar-refractivity contribution in [1.82, 2.24) is 15.2 Å². The van der Waals surface area contributed by atoms with Crippen LogP contribution in [-0.4, -0.2) is 42.5 Å². The van der Waals surface area contributed by atoms with Crippen molar-refractivity contribution in [3.63, 3.8) is 0 Å². The van der Waals surface area contributed by atoms with Crippen molar-refractivity contribution in [2.24, 2.45) is 5.92 Å². The van der Waals surface area contributed by atoms with Crippen LogP contribution in [0.3, 0.4) is 0 Å². The minimum atomic E-state index is -0.268. The van der Waals surface area contributed by atoms with E-state index >= 15 is 0 Å². The van der Waals surface area contributed by atoms with Gasteiger partial charge in [-0.05, 0) is 26.1 Å². The summed E-state index contributed by atoms with van der Waals surface area (Å²) in [5.74, 6) is 0.230. The molecule has 0 aliphatic rings. The van der Waals surface area contributed by atoms with E-state index in [0.29, 0.717) is 18.0 Å². The first-order valence-corrected chi connectivity index (χ1v) is 6.05. The Hall–Kier alpha value is -1.62. The molecule has 0 saturated heterocycles.